The quantitative estimate of drug-likeness (QED) is 0.702. The summed E-state index contributed by atoms with van der Waals surface area (Å²) in [6, 6.07) is 9.33. The number of amides is 1. The summed E-state index contributed by atoms with van der Waals surface area (Å²) in [5.41, 5.74) is 2.54. The molecule has 25 heavy (non-hydrogen) atoms. The first-order chi connectivity index (χ1) is 12.0. The first-order valence-electron chi connectivity index (χ1n) is 7.71. The Hall–Kier alpha value is -2.74. The third kappa shape index (κ3) is 3.53. The number of nitrogens with zero attached hydrogens (tertiary/aromatic N) is 3. The summed E-state index contributed by atoms with van der Waals surface area (Å²) in [6.07, 6.45) is 2.38. The number of benzene rings is 1. The van der Waals surface area contributed by atoms with Gasteiger partial charge in [0, 0.05) is 10.2 Å². The molecule has 1 amide bonds. The zero-order chi connectivity index (χ0) is 18.0. The number of rotatable bonds is 4. The molecular formula is C17H16BrN5O2. The van der Waals surface area contributed by atoms with Crippen LogP contribution in [0.15, 0.2) is 45.8 Å². The van der Waals surface area contributed by atoms with Crippen LogP contribution >= 0.6 is 15.9 Å². The first kappa shape index (κ1) is 17.1. The highest BCUT2D eigenvalue weighted by molar-refractivity contribution is 9.10. The minimum atomic E-state index is -0.499. The second kappa shape index (κ2) is 7.02. The molecule has 128 valence electrons. The van der Waals surface area contributed by atoms with Gasteiger partial charge in [0.1, 0.15) is 5.69 Å². The number of anilines is 1. The standard InChI is InChI=1S/C17H16BrN5O2/c1-3-11-6-4-5-7-15(11)23-9-14(21-22-23)17(25)20-13-8-12(18)10(2)19-16(13)24/h4-9H,3H2,1-2H3,(H,19,24)(H,20,25). The van der Waals surface area contributed by atoms with Crippen LogP contribution in [0, 0.1) is 6.92 Å². The van der Waals surface area contributed by atoms with E-state index in [-0.39, 0.29) is 16.9 Å². The fourth-order valence-corrected chi connectivity index (χ4v) is 2.72. The van der Waals surface area contributed by atoms with Gasteiger partial charge in [-0.05, 0) is 47.0 Å². The van der Waals surface area contributed by atoms with Crippen molar-refractivity contribution < 1.29 is 4.79 Å². The second-order valence-electron chi connectivity index (χ2n) is 5.47. The second-order valence-corrected chi connectivity index (χ2v) is 6.32. The Kier molecular flexibility index (Phi) is 4.80. The van der Waals surface area contributed by atoms with E-state index >= 15 is 0 Å². The number of H-pyrrole nitrogens is 1. The molecular weight excluding hydrogens is 386 g/mol. The largest absolute Gasteiger partial charge is 0.324 e. The van der Waals surface area contributed by atoms with Gasteiger partial charge in [-0.15, -0.1) is 5.10 Å². The van der Waals surface area contributed by atoms with Crippen LogP contribution in [0.3, 0.4) is 0 Å². The number of pyridine rings is 1. The number of aromatic amines is 1. The van der Waals surface area contributed by atoms with Gasteiger partial charge in [-0.25, -0.2) is 4.68 Å². The van der Waals surface area contributed by atoms with E-state index in [4.69, 9.17) is 0 Å². The Morgan fingerprint density at radius 1 is 1.36 bits per heavy atom. The molecule has 0 unspecified atom stereocenters. The topological polar surface area (TPSA) is 92.7 Å². The van der Waals surface area contributed by atoms with Crippen LogP contribution in [0.2, 0.25) is 0 Å². The number of hydrogen-bond acceptors (Lipinski definition) is 4. The molecule has 0 aliphatic rings. The molecule has 0 fully saturated rings. The molecule has 0 atom stereocenters. The van der Waals surface area contributed by atoms with Crippen LogP contribution in [0.5, 0.6) is 0 Å². The fourth-order valence-electron chi connectivity index (χ4n) is 2.40. The number of aryl methyl sites for hydroxylation is 2. The Labute approximate surface area is 152 Å². The van der Waals surface area contributed by atoms with Gasteiger partial charge in [-0.2, -0.15) is 0 Å². The van der Waals surface area contributed by atoms with Gasteiger partial charge in [0.15, 0.2) is 5.69 Å². The number of nitrogens with one attached hydrogen (secondary N) is 2. The van der Waals surface area contributed by atoms with E-state index in [0.717, 1.165) is 17.7 Å². The molecule has 0 radical (unpaired) electrons. The van der Waals surface area contributed by atoms with Crippen LogP contribution in [-0.4, -0.2) is 25.9 Å². The van der Waals surface area contributed by atoms with Gasteiger partial charge in [-0.1, -0.05) is 30.3 Å². The van der Waals surface area contributed by atoms with Gasteiger partial charge in [0.25, 0.3) is 11.5 Å². The molecule has 1 aromatic carbocycles. The molecule has 2 heterocycles. The lowest BCUT2D eigenvalue weighted by Crippen LogP contribution is -2.20. The molecule has 7 nitrogen and oxygen atoms in total. The molecule has 0 aliphatic heterocycles. The van der Waals surface area contributed by atoms with E-state index in [9.17, 15) is 9.59 Å². The van der Waals surface area contributed by atoms with Crippen molar-refractivity contribution in [2.24, 2.45) is 0 Å². The number of hydrogen-bond donors (Lipinski definition) is 2. The first-order valence-corrected chi connectivity index (χ1v) is 8.50. The highest BCUT2D eigenvalue weighted by atomic mass is 79.9. The summed E-state index contributed by atoms with van der Waals surface area (Å²) >= 11 is 3.32. The van der Waals surface area contributed by atoms with Gasteiger partial charge >= 0.3 is 0 Å². The van der Waals surface area contributed by atoms with Crippen LogP contribution in [0.25, 0.3) is 5.69 Å². The molecule has 8 heteroatoms. The normalized spacial score (nSPS) is 10.7. The minimum Gasteiger partial charge on any atom is -0.324 e. The van der Waals surface area contributed by atoms with Crippen molar-refractivity contribution in [2.45, 2.75) is 20.3 Å². The molecule has 0 bridgehead atoms. The minimum absolute atomic E-state index is 0.127. The average molecular weight is 402 g/mol. The summed E-state index contributed by atoms with van der Waals surface area (Å²) < 4.78 is 2.26. The Balaban J connectivity index is 1.86. The molecule has 0 saturated heterocycles. The maximum atomic E-state index is 12.4. The van der Waals surface area contributed by atoms with Crippen LogP contribution in [0.4, 0.5) is 5.69 Å². The third-order valence-electron chi connectivity index (χ3n) is 3.77. The highest BCUT2D eigenvalue weighted by Crippen LogP contribution is 2.17. The Morgan fingerprint density at radius 3 is 2.88 bits per heavy atom. The summed E-state index contributed by atoms with van der Waals surface area (Å²) in [7, 11) is 0. The Morgan fingerprint density at radius 2 is 2.12 bits per heavy atom. The number of para-hydroxylation sites is 1. The van der Waals surface area contributed by atoms with Gasteiger partial charge < -0.3 is 10.3 Å². The fraction of sp³-hybridized carbons (Fsp3) is 0.176. The van der Waals surface area contributed by atoms with E-state index in [1.54, 1.807) is 23.9 Å². The predicted molar refractivity (Wildman–Crippen MR) is 98.2 cm³/mol. The van der Waals surface area contributed by atoms with Crippen molar-refractivity contribution in [3.8, 4) is 5.69 Å². The van der Waals surface area contributed by atoms with E-state index in [0.29, 0.717) is 10.2 Å². The van der Waals surface area contributed by atoms with Crippen LogP contribution < -0.4 is 10.9 Å². The number of aromatic nitrogens is 4. The van der Waals surface area contributed by atoms with Gasteiger partial charge in [0.2, 0.25) is 0 Å². The van der Waals surface area contributed by atoms with Crippen molar-refractivity contribution >= 4 is 27.5 Å². The molecule has 0 spiro atoms. The van der Waals surface area contributed by atoms with E-state index < -0.39 is 5.91 Å². The summed E-state index contributed by atoms with van der Waals surface area (Å²) in [5, 5.41) is 10.5. The van der Waals surface area contributed by atoms with Crippen LogP contribution in [0.1, 0.15) is 28.7 Å². The average Bonchev–Trinajstić information content (AvgIpc) is 3.09. The smallest absolute Gasteiger partial charge is 0.278 e. The predicted octanol–water partition coefficient (Wildman–Crippen LogP) is 2.84. The third-order valence-corrected chi connectivity index (χ3v) is 4.59. The molecule has 0 saturated carbocycles. The van der Waals surface area contributed by atoms with Crippen molar-refractivity contribution in [2.75, 3.05) is 5.32 Å². The number of carbonyl (C=O) groups excluding carboxylic acids is 1. The number of halogens is 1. The van der Waals surface area contributed by atoms with Crippen molar-refractivity contribution in [3.63, 3.8) is 0 Å². The van der Waals surface area contributed by atoms with E-state index in [2.05, 4.69) is 36.5 Å². The zero-order valence-corrected chi connectivity index (χ0v) is 15.3. The van der Waals surface area contributed by atoms with Gasteiger partial charge in [0.05, 0.1) is 11.9 Å². The van der Waals surface area contributed by atoms with Crippen molar-refractivity contribution in [3.05, 3.63) is 68.3 Å². The molecule has 2 aromatic heterocycles. The molecule has 2 N–H and O–H groups in total. The molecule has 0 aliphatic carbocycles. The lowest BCUT2D eigenvalue weighted by molar-refractivity contribution is 0.102. The summed E-state index contributed by atoms with van der Waals surface area (Å²) in [6.45, 7) is 3.80. The highest BCUT2D eigenvalue weighted by Gasteiger charge is 2.15. The summed E-state index contributed by atoms with van der Waals surface area (Å²) in [4.78, 5) is 27.0. The zero-order valence-electron chi connectivity index (χ0n) is 13.7. The molecule has 3 aromatic rings. The SMILES string of the molecule is CCc1ccccc1-n1cc(C(=O)Nc2cc(Br)c(C)[nH]c2=O)nn1. The lowest BCUT2D eigenvalue weighted by atomic mass is 10.1. The monoisotopic (exact) mass is 401 g/mol. The van der Waals surface area contributed by atoms with E-state index in [1.807, 2.05) is 31.2 Å². The van der Waals surface area contributed by atoms with Gasteiger partial charge in [-0.3, -0.25) is 9.59 Å². The van der Waals surface area contributed by atoms with E-state index in [1.165, 1.54) is 0 Å². The molecule has 3 rings (SSSR count). The maximum absolute atomic E-state index is 12.4. The summed E-state index contributed by atoms with van der Waals surface area (Å²) in [5.74, 6) is -0.499. The van der Waals surface area contributed by atoms with Crippen LogP contribution in [-0.2, 0) is 6.42 Å². The van der Waals surface area contributed by atoms with Crippen molar-refractivity contribution in [1.82, 2.24) is 20.0 Å². The van der Waals surface area contributed by atoms with Crippen molar-refractivity contribution in [1.29, 1.82) is 0 Å². The Bertz CT molecular complexity index is 993. The lowest BCUT2D eigenvalue weighted by Gasteiger charge is -2.06. The maximum Gasteiger partial charge on any atom is 0.278 e. The number of carbonyl (C=O) groups is 1.